The summed E-state index contributed by atoms with van der Waals surface area (Å²) in [6, 6.07) is 10.4. The third kappa shape index (κ3) is 4.47. The minimum Gasteiger partial charge on any atom is -0.377 e. The molecule has 6 rings (SSSR count). The van der Waals surface area contributed by atoms with Gasteiger partial charge in [-0.1, -0.05) is 6.07 Å². The van der Waals surface area contributed by atoms with Gasteiger partial charge in [0.25, 0.3) is 0 Å². The van der Waals surface area contributed by atoms with E-state index < -0.39 is 5.82 Å². The van der Waals surface area contributed by atoms with Crippen LogP contribution in [0.4, 0.5) is 10.1 Å². The van der Waals surface area contributed by atoms with Gasteiger partial charge < -0.3 is 9.88 Å². The molecule has 2 fully saturated rings. The minimum atomic E-state index is -0.422. The van der Waals surface area contributed by atoms with Gasteiger partial charge in [0.2, 0.25) is 0 Å². The van der Waals surface area contributed by atoms with Crippen LogP contribution in [0.1, 0.15) is 30.4 Å². The van der Waals surface area contributed by atoms with Crippen molar-refractivity contribution < 1.29 is 4.39 Å². The maximum absolute atomic E-state index is 15.1. The second-order valence-corrected chi connectivity index (χ2v) is 11.0. The summed E-state index contributed by atoms with van der Waals surface area (Å²) in [5, 5.41) is 24.8. The van der Waals surface area contributed by atoms with Crippen LogP contribution >= 0.6 is 0 Å². The Morgan fingerprint density at radius 2 is 1.93 bits per heavy atom. The molecule has 2 aliphatic rings. The van der Waals surface area contributed by atoms with E-state index in [9.17, 15) is 10.5 Å². The zero-order valence-electron chi connectivity index (χ0n) is 22.7. The Bertz CT molecular complexity index is 1610. The number of H-pyrrole nitrogens is 1. The first-order valence-electron chi connectivity index (χ1n) is 13.5. The van der Waals surface area contributed by atoms with Crippen molar-refractivity contribution in [3.05, 3.63) is 60.1 Å². The Morgan fingerprint density at radius 3 is 2.65 bits per heavy atom. The third-order valence-corrected chi connectivity index (χ3v) is 8.45. The number of fused-ring (bicyclic) bond motifs is 1. The Labute approximate surface area is 232 Å². The molecule has 0 unspecified atom stereocenters. The lowest BCUT2D eigenvalue weighted by Crippen LogP contribution is -2.60. The van der Waals surface area contributed by atoms with E-state index in [0.29, 0.717) is 30.3 Å². The summed E-state index contributed by atoms with van der Waals surface area (Å²) in [6.07, 6.45) is 9.34. The number of rotatable bonds is 7. The summed E-state index contributed by atoms with van der Waals surface area (Å²) in [7, 11) is 3.62. The summed E-state index contributed by atoms with van der Waals surface area (Å²) >= 11 is 0. The van der Waals surface area contributed by atoms with E-state index in [1.807, 2.05) is 55.6 Å². The van der Waals surface area contributed by atoms with Crippen LogP contribution in [0.25, 0.3) is 22.3 Å². The first-order valence-corrected chi connectivity index (χ1v) is 13.5. The normalized spacial score (nSPS) is 21.6. The molecule has 40 heavy (non-hydrogen) atoms. The fourth-order valence-corrected chi connectivity index (χ4v) is 6.18. The molecule has 204 valence electrons. The highest BCUT2D eigenvalue weighted by atomic mass is 19.1. The van der Waals surface area contributed by atoms with Gasteiger partial charge in [-0.3, -0.25) is 14.5 Å². The van der Waals surface area contributed by atoms with Crippen molar-refractivity contribution in [2.24, 2.45) is 0 Å². The van der Waals surface area contributed by atoms with Crippen LogP contribution in [-0.2, 0) is 12.1 Å². The number of hydrogen-bond donors (Lipinski definition) is 1. The van der Waals surface area contributed by atoms with Gasteiger partial charge in [-0.2, -0.15) is 15.6 Å². The molecule has 1 saturated heterocycles. The summed E-state index contributed by atoms with van der Waals surface area (Å²) < 4.78 is 17.0. The van der Waals surface area contributed by atoms with E-state index in [1.54, 1.807) is 17.3 Å². The van der Waals surface area contributed by atoms with Crippen LogP contribution in [0.15, 0.2) is 43.1 Å². The molecule has 0 atom stereocenters. The molecule has 1 aliphatic heterocycles. The van der Waals surface area contributed by atoms with E-state index >= 15 is 4.39 Å². The van der Waals surface area contributed by atoms with Crippen LogP contribution in [0.5, 0.6) is 0 Å². The first-order chi connectivity index (χ1) is 19.4. The Balaban J connectivity index is 1.10. The topological polar surface area (TPSA) is 117 Å². The minimum absolute atomic E-state index is 0.100. The van der Waals surface area contributed by atoms with Gasteiger partial charge in [-0.25, -0.2) is 14.4 Å². The first kappa shape index (κ1) is 25.9. The predicted octanol–water partition coefficient (Wildman–Crippen LogP) is 3.49. The average molecular weight is 539 g/mol. The lowest BCUT2D eigenvalue weighted by molar-refractivity contribution is -0.0192. The van der Waals surface area contributed by atoms with Crippen LogP contribution in [0.2, 0.25) is 0 Å². The van der Waals surface area contributed by atoms with Gasteiger partial charge in [0, 0.05) is 81.8 Å². The number of aromatic amines is 1. The quantitative estimate of drug-likeness (QED) is 0.380. The predicted molar refractivity (Wildman–Crippen MR) is 149 cm³/mol. The molecule has 0 amide bonds. The summed E-state index contributed by atoms with van der Waals surface area (Å²) in [6.45, 7) is 3.90. The average Bonchev–Trinajstić information content (AvgIpc) is 3.62. The molecule has 4 heterocycles. The zero-order valence-corrected chi connectivity index (χ0v) is 22.7. The smallest absolute Gasteiger partial charge is 0.147 e. The Kier molecular flexibility index (Phi) is 6.70. The van der Waals surface area contributed by atoms with E-state index in [1.165, 1.54) is 0 Å². The van der Waals surface area contributed by atoms with Crippen molar-refractivity contribution in [3.8, 4) is 23.4 Å². The van der Waals surface area contributed by atoms with Crippen molar-refractivity contribution in [3.63, 3.8) is 0 Å². The maximum Gasteiger partial charge on any atom is 0.147 e. The van der Waals surface area contributed by atoms with E-state index in [4.69, 9.17) is 0 Å². The number of benzene rings is 1. The van der Waals surface area contributed by atoms with Gasteiger partial charge >= 0.3 is 0 Å². The molecule has 0 bridgehead atoms. The SMILES string of the molecule is CN(C)c1ccc(CN2CCN(C3CC(CC#N)(n4cc(-c5ncnc6[nH]ccc56)cn4)C3)CC2)c(F)c1C#N. The Hall–Kier alpha value is -4.32. The van der Waals surface area contributed by atoms with Crippen molar-refractivity contribution >= 4 is 16.7 Å². The van der Waals surface area contributed by atoms with Crippen LogP contribution in [0.3, 0.4) is 0 Å². The molecule has 3 aromatic heterocycles. The molecule has 1 aromatic carbocycles. The van der Waals surface area contributed by atoms with E-state index in [-0.39, 0.29) is 11.1 Å². The molecule has 4 aromatic rings. The lowest BCUT2D eigenvalue weighted by atomic mass is 9.70. The molecule has 1 N–H and O–H groups in total. The monoisotopic (exact) mass is 538 g/mol. The number of nitriles is 2. The van der Waals surface area contributed by atoms with Gasteiger partial charge in [0.05, 0.1) is 35.6 Å². The summed E-state index contributed by atoms with van der Waals surface area (Å²) in [5.74, 6) is -0.422. The van der Waals surface area contributed by atoms with Crippen LogP contribution in [0, 0.1) is 28.5 Å². The zero-order chi connectivity index (χ0) is 27.9. The van der Waals surface area contributed by atoms with Gasteiger partial charge in [-0.05, 0) is 25.0 Å². The molecule has 0 spiro atoms. The number of nitrogens with zero attached hydrogens (tertiary/aromatic N) is 9. The molecular formula is C29H31FN10. The summed E-state index contributed by atoms with van der Waals surface area (Å²) in [4.78, 5) is 18.4. The number of anilines is 1. The van der Waals surface area contributed by atoms with E-state index in [2.05, 4.69) is 35.9 Å². The van der Waals surface area contributed by atoms with Crippen LogP contribution in [-0.4, -0.2) is 80.8 Å². The number of piperazine rings is 1. The molecule has 1 saturated carbocycles. The van der Waals surface area contributed by atoms with Crippen LogP contribution < -0.4 is 4.90 Å². The largest absolute Gasteiger partial charge is 0.377 e. The highest BCUT2D eigenvalue weighted by Crippen LogP contribution is 2.45. The number of nitrogens with one attached hydrogen (secondary N) is 1. The molecule has 1 aliphatic carbocycles. The van der Waals surface area contributed by atoms with Crippen molar-refractivity contribution in [2.45, 2.75) is 37.4 Å². The second kappa shape index (κ2) is 10.3. The van der Waals surface area contributed by atoms with Crippen molar-refractivity contribution in [1.29, 1.82) is 10.5 Å². The maximum atomic E-state index is 15.1. The van der Waals surface area contributed by atoms with Gasteiger partial charge in [0.1, 0.15) is 29.4 Å². The lowest BCUT2D eigenvalue weighted by Gasteiger charge is -2.52. The second-order valence-electron chi connectivity index (χ2n) is 11.0. The molecule has 0 radical (unpaired) electrons. The van der Waals surface area contributed by atoms with Gasteiger partial charge in [-0.15, -0.1) is 0 Å². The number of hydrogen-bond acceptors (Lipinski definition) is 8. The molecule has 11 heteroatoms. The standard InChI is InChI=1S/C29H31FN10/c1-37(2)25-4-3-20(26(30)24(25)15-32)17-38-9-11-39(12-10-38)22-13-29(14-22,6-7-31)40-18-21(16-36-40)27-23-5-8-33-28(23)35-19-34-27/h3-5,8,16,18-19,22H,6,9-14,17H2,1-2H3,(H,33,34,35). The third-order valence-electron chi connectivity index (χ3n) is 8.45. The highest BCUT2D eigenvalue weighted by Gasteiger charge is 2.49. The summed E-state index contributed by atoms with van der Waals surface area (Å²) in [5.41, 5.74) is 3.44. The molecule has 10 nitrogen and oxygen atoms in total. The fourth-order valence-electron chi connectivity index (χ4n) is 6.18. The van der Waals surface area contributed by atoms with E-state index in [0.717, 1.165) is 61.3 Å². The van der Waals surface area contributed by atoms with Gasteiger partial charge in [0.15, 0.2) is 0 Å². The van der Waals surface area contributed by atoms with Crippen molar-refractivity contribution in [2.75, 3.05) is 45.2 Å². The molecular weight excluding hydrogens is 507 g/mol. The number of halogens is 1. The van der Waals surface area contributed by atoms with Crippen molar-refractivity contribution in [1.82, 2.24) is 34.5 Å². The fraction of sp³-hybridized carbons (Fsp3) is 0.414. The highest BCUT2D eigenvalue weighted by molar-refractivity contribution is 5.90. The number of aromatic nitrogens is 5. The Morgan fingerprint density at radius 1 is 1.12 bits per heavy atom.